The van der Waals surface area contributed by atoms with Crippen LogP contribution in [0, 0.1) is 11.3 Å². The van der Waals surface area contributed by atoms with Crippen molar-refractivity contribution >= 4 is 23.3 Å². The normalized spacial score (nSPS) is 13.1. The van der Waals surface area contributed by atoms with Crippen LogP contribution in [0.3, 0.4) is 0 Å². The van der Waals surface area contributed by atoms with E-state index in [0.29, 0.717) is 28.2 Å². The molecule has 1 aliphatic rings. The van der Waals surface area contributed by atoms with Crippen LogP contribution in [0.15, 0.2) is 83.4 Å². The number of hydrogen-bond donors (Lipinski definition) is 2. The monoisotopic (exact) mass is 466 g/mol. The van der Waals surface area contributed by atoms with Crippen LogP contribution in [-0.4, -0.2) is 31.9 Å². The molecule has 0 aromatic heterocycles. The second-order valence-corrected chi connectivity index (χ2v) is 7.53. The molecular formula is C27H22N4O4. The number of ether oxygens (including phenoxy) is 2. The first-order valence-electron chi connectivity index (χ1n) is 10.7. The van der Waals surface area contributed by atoms with Crippen molar-refractivity contribution in [2.75, 3.05) is 14.2 Å². The van der Waals surface area contributed by atoms with Crippen molar-refractivity contribution in [3.8, 4) is 17.6 Å². The van der Waals surface area contributed by atoms with Crippen LogP contribution in [0.1, 0.15) is 27.0 Å². The Morgan fingerprint density at radius 3 is 2.29 bits per heavy atom. The zero-order valence-corrected chi connectivity index (χ0v) is 19.2. The summed E-state index contributed by atoms with van der Waals surface area (Å²) in [5, 5.41) is 15.3. The number of nitriles is 1. The predicted molar refractivity (Wildman–Crippen MR) is 131 cm³/mol. The minimum atomic E-state index is -0.544. The summed E-state index contributed by atoms with van der Waals surface area (Å²) in [4.78, 5) is 30.3. The van der Waals surface area contributed by atoms with E-state index in [-0.39, 0.29) is 23.7 Å². The van der Waals surface area contributed by atoms with E-state index >= 15 is 0 Å². The number of rotatable bonds is 6. The van der Waals surface area contributed by atoms with Crippen molar-refractivity contribution in [1.29, 1.82) is 5.26 Å². The molecule has 0 radical (unpaired) electrons. The Balaban J connectivity index is 1.63. The maximum absolute atomic E-state index is 13.0. The van der Waals surface area contributed by atoms with Crippen LogP contribution in [-0.2, 0) is 11.3 Å². The summed E-state index contributed by atoms with van der Waals surface area (Å²) in [5.74, 6) is 0.193. The highest BCUT2D eigenvalue weighted by Gasteiger charge is 2.27. The Labute approximate surface area is 202 Å². The van der Waals surface area contributed by atoms with Gasteiger partial charge in [-0.2, -0.15) is 5.26 Å². The second-order valence-electron chi connectivity index (χ2n) is 7.53. The average Bonchev–Trinajstić information content (AvgIpc) is 3.26. The molecule has 8 heteroatoms. The Hall–Kier alpha value is -4.90. The van der Waals surface area contributed by atoms with Crippen molar-refractivity contribution in [1.82, 2.24) is 10.6 Å². The summed E-state index contributed by atoms with van der Waals surface area (Å²) in [6, 6.07) is 23.3. The molecule has 0 fully saturated rings. The van der Waals surface area contributed by atoms with Gasteiger partial charge < -0.3 is 20.1 Å². The lowest BCUT2D eigenvalue weighted by atomic mass is 10.0. The van der Waals surface area contributed by atoms with Gasteiger partial charge in [-0.25, -0.2) is 4.99 Å². The second kappa shape index (κ2) is 10.4. The van der Waals surface area contributed by atoms with E-state index in [2.05, 4.69) is 15.6 Å². The van der Waals surface area contributed by atoms with Gasteiger partial charge in [-0.1, -0.05) is 54.6 Å². The number of aliphatic imine (C=N–C) groups is 1. The van der Waals surface area contributed by atoms with E-state index in [1.54, 1.807) is 42.5 Å². The fourth-order valence-electron chi connectivity index (χ4n) is 3.65. The van der Waals surface area contributed by atoms with Gasteiger partial charge >= 0.3 is 0 Å². The summed E-state index contributed by atoms with van der Waals surface area (Å²) in [6.45, 7) is 0.270. The molecule has 1 aliphatic heterocycles. The molecular weight excluding hydrogens is 444 g/mol. The number of carbonyl (C=O) groups excluding carboxylic acids is 2. The van der Waals surface area contributed by atoms with E-state index in [0.717, 1.165) is 5.56 Å². The third kappa shape index (κ3) is 4.89. The van der Waals surface area contributed by atoms with Crippen LogP contribution in [0.25, 0.3) is 5.70 Å². The number of methoxy groups -OCH3 is 2. The minimum absolute atomic E-state index is 0.135. The molecule has 8 nitrogen and oxygen atoms in total. The van der Waals surface area contributed by atoms with Gasteiger partial charge in [0, 0.05) is 23.2 Å². The molecule has 2 N–H and O–H groups in total. The highest BCUT2D eigenvalue weighted by atomic mass is 16.5. The Morgan fingerprint density at radius 2 is 1.60 bits per heavy atom. The molecule has 174 valence electrons. The first kappa shape index (κ1) is 23.3. The third-order valence-corrected chi connectivity index (χ3v) is 5.41. The fourth-order valence-corrected chi connectivity index (χ4v) is 3.65. The van der Waals surface area contributed by atoms with Crippen LogP contribution in [0.4, 0.5) is 0 Å². The smallest absolute Gasteiger partial charge is 0.264 e. The lowest BCUT2D eigenvalue weighted by molar-refractivity contribution is -0.117. The van der Waals surface area contributed by atoms with Gasteiger partial charge in [-0.15, -0.1) is 0 Å². The summed E-state index contributed by atoms with van der Waals surface area (Å²) in [6.07, 6.45) is 0. The standard InChI is InChI=1S/C27H22N4O4/c1-34-22-13-12-18(14-23(22)35-2)26(32)31-25-20-11-7-6-10-19(20)24(30-25)21(15-28)27(33)29-16-17-8-4-3-5-9-17/h3-14H,16H2,1-2H3,(H,29,33)(H,30,31,32)/b24-21+. The largest absolute Gasteiger partial charge is 0.493 e. The van der Waals surface area contributed by atoms with Crippen molar-refractivity contribution < 1.29 is 19.1 Å². The molecule has 4 rings (SSSR count). The van der Waals surface area contributed by atoms with Crippen molar-refractivity contribution in [3.63, 3.8) is 0 Å². The van der Waals surface area contributed by atoms with Crippen LogP contribution in [0.2, 0.25) is 0 Å². The van der Waals surface area contributed by atoms with Crippen LogP contribution in [0.5, 0.6) is 11.5 Å². The van der Waals surface area contributed by atoms with E-state index in [4.69, 9.17) is 9.47 Å². The number of fused-ring (bicyclic) bond motifs is 1. The predicted octanol–water partition coefficient (Wildman–Crippen LogP) is 3.45. The highest BCUT2D eigenvalue weighted by Crippen LogP contribution is 2.31. The van der Waals surface area contributed by atoms with Gasteiger partial charge in [0.15, 0.2) is 11.5 Å². The number of nitrogens with zero attached hydrogens (tertiary/aromatic N) is 2. The van der Waals surface area contributed by atoms with Crippen LogP contribution < -0.4 is 20.1 Å². The molecule has 0 spiro atoms. The summed E-state index contributed by atoms with van der Waals surface area (Å²) in [7, 11) is 3.00. The Bertz CT molecular complexity index is 1390. The van der Waals surface area contributed by atoms with Gasteiger partial charge in [0.25, 0.3) is 11.8 Å². The fraction of sp³-hybridized carbons (Fsp3) is 0.111. The van der Waals surface area contributed by atoms with Gasteiger partial charge in [-0.3, -0.25) is 9.59 Å². The van der Waals surface area contributed by atoms with Gasteiger partial charge in [0.2, 0.25) is 0 Å². The Kier molecular flexibility index (Phi) is 6.88. The van der Waals surface area contributed by atoms with Gasteiger partial charge in [0.1, 0.15) is 17.5 Å². The molecule has 0 aliphatic carbocycles. The first-order valence-corrected chi connectivity index (χ1v) is 10.7. The van der Waals surface area contributed by atoms with Gasteiger partial charge in [-0.05, 0) is 23.8 Å². The number of amidine groups is 1. The molecule has 0 unspecified atom stereocenters. The summed E-state index contributed by atoms with van der Waals surface area (Å²) in [5.41, 5.74) is 2.50. The number of benzene rings is 3. The lowest BCUT2D eigenvalue weighted by Gasteiger charge is -2.10. The average molecular weight is 466 g/mol. The molecule has 0 atom stereocenters. The lowest BCUT2D eigenvalue weighted by Crippen LogP contribution is -2.30. The zero-order chi connectivity index (χ0) is 24.8. The number of amides is 2. The number of carbonyl (C=O) groups is 2. The minimum Gasteiger partial charge on any atom is -0.493 e. The summed E-state index contributed by atoms with van der Waals surface area (Å²) < 4.78 is 10.5. The van der Waals surface area contributed by atoms with Crippen molar-refractivity contribution in [2.45, 2.75) is 6.54 Å². The molecule has 0 bridgehead atoms. The Morgan fingerprint density at radius 1 is 0.914 bits per heavy atom. The summed E-state index contributed by atoms with van der Waals surface area (Å²) >= 11 is 0. The molecule has 35 heavy (non-hydrogen) atoms. The van der Waals surface area contributed by atoms with E-state index in [9.17, 15) is 14.9 Å². The first-order chi connectivity index (χ1) is 17.0. The number of hydrogen-bond acceptors (Lipinski definition) is 6. The van der Waals surface area contributed by atoms with Crippen molar-refractivity contribution in [2.24, 2.45) is 4.99 Å². The van der Waals surface area contributed by atoms with Crippen molar-refractivity contribution in [3.05, 3.63) is 101 Å². The van der Waals surface area contributed by atoms with Gasteiger partial charge in [0.05, 0.1) is 19.9 Å². The maximum atomic E-state index is 13.0. The van der Waals surface area contributed by atoms with E-state index < -0.39 is 11.8 Å². The van der Waals surface area contributed by atoms with Crippen LogP contribution >= 0.6 is 0 Å². The molecule has 2 amide bonds. The number of nitrogens with one attached hydrogen (secondary N) is 2. The molecule has 3 aromatic rings. The molecule has 0 saturated carbocycles. The quantitative estimate of drug-likeness (QED) is 0.427. The topological polar surface area (TPSA) is 113 Å². The SMILES string of the molecule is COc1ccc(C(=O)NC2=N/C(=C(\C#N)C(=O)NCc3ccccc3)c3ccccc32)cc1OC. The molecule has 0 saturated heterocycles. The third-order valence-electron chi connectivity index (χ3n) is 5.41. The molecule has 1 heterocycles. The van der Waals surface area contributed by atoms with E-state index in [1.807, 2.05) is 36.4 Å². The maximum Gasteiger partial charge on any atom is 0.264 e. The molecule has 3 aromatic carbocycles. The van der Waals surface area contributed by atoms with E-state index in [1.165, 1.54) is 14.2 Å². The zero-order valence-electron chi connectivity index (χ0n) is 19.2. The highest BCUT2D eigenvalue weighted by molar-refractivity contribution is 6.20.